The zero-order valence-electron chi connectivity index (χ0n) is 11.4. The summed E-state index contributed by atoms with van der Waals surface area (Å²) in [6.45, 7) is 1.80. The first-order valence-electron chi connectivity index (χ1n) is 6.38. The van der Waals surface area contributed by atoms with Crippen molar-refractivity contribution in [2.75, 3.05) is 0 Å². The first-order valence-corrected chi connectivity index (χ1v) is 6.38. The fourth-order valence-corrected chi connectivity index (χ4v) is 2.06. The van der Waals surface area contributed by atoms with E-state index in [0.717, 1.165) is 12.1 Å². The predicted octanol–water partition coefficient (Wildman–Crippen LogP) is 2.88. The van der Waals surface area contributed by atoms with Gasteiger partial charge in [-0.1, -0.05) is 18.2 Å². The molecule has 1 atom stereocenters. The number of hydrogen-bond acceptors (Lipinski definition) is 2. The van der Waals surface area contributed by atoms with Crippen molar-refractivity contribution in [1.82, 2.24) is 4.57 Å². The van der Waals surface area contributed by atoms with Crippen LogP contribution in [0.4, 0.5) is 13.2 Å². The number of aryl methyl sites for hydroxylation is 1. The number of aromatic nitrogens is 1. The molecule has 1 aromatic heterocycles. The van der Waals surface area contributed by atoms with Gasteiger partial charge in [-0.3, -0.25) is 4.79 Å². The maximum Gasteiger partial charge on any atom is 0.416 e. The van der Waals surface area contributed by atoms with Crippen LogP contribution in [-0.2, 0) is 12.7 Å². The first-order chi connectivity index (χ1) is 9.79. The second-order valence-electron chi connectivity index (χ2n) is 4.88. The van der Waals surface area contributed by atoms with Gasteiger partial charge in [0.1, 0.15) is 0 Å². The van der Waals surface area contributed by atoms with Gasteiger partial charge in [-0.15, -0.1) is 0 Å². The number of rotatable bonds is 3. The molecule has 21 heavy (non-hydrogen) atoms. The average Bonchev–Trinajstić information content (AvgIpc) is 2.43. The molecule has 112 valence electrons. The molecule has 6 heteroatoms. The summed E-state index contributed by atoms with van der Waals surface area (Å²) in [4.78, 5) is 11.9. The number of nitrogens with zero attached hydrogens (tertiary/aromatic N) is 1. The van der Waals surface area contributed by atoms with Crippen LogP contribution in [0.2, 0.25) is 0 Å². The van der Waals surface area contributed by atoms with Crippen LogP contribution in [0, 0.1) is 6.92 Å². The summed E-state index contributed by atoms with van der Waals surface area (Å²) in [6, 6.07) is 7.55. The number of pyridine rings is 1. The molecule has 0 radical (unpaired) electrons. The fourth-order valence-electron chi connectivity index (χ4n) is 2.06. The van der Waals surface area contributed by atoms with Crippen LogP contribution in [0.25, 0.3) is 0 Å². The van der Waals surface area contributed by atoms with Gasteiger partial charge in [0.2, 0.25) is 0 Å². The van der Waals surface area contributed by atoms with E-state index in [4.69, 9.17) is 5.73 Å². The highest BCUT2D eigenvalue weighted by Crippen LogP contribution is 2.30. The predicted molar refractivity (Wildman–Crippen MR) is 73.8 cm³/mol. The summed E-state index contributed by atoms with van der Waals surface area (Å²) in [7, 11) is 0. The highest BCUT2D eigenvalue weighted by molar-refractivity contribution is 5.27. The van der Waals surface area contributed by atoms with Gasteiger partial charge in [0.15, 0.2) is 0 Å². The van der Waals surface area contributed by atoms with Crippen molar-refractivity contribution in [3.63, 3.8) is 0 Å². The quantitative estimate of drug-likeness (QED) is 0.946. The third-order valence-corrected chi connectivity index (χ3v) is 3.25. The maximum absolute atomic E-state index is 12.7. The van der Waals surface area contributed by atoms with E-state index in [0.29, 0.717) is 11.1 Å². The molecule has 2 rings (SSSR count). The molecule has 0 fully saturated rings. The van der Waals surface area contributed by atoms with E-state index in [-0.39, 0.29) is 12.1 Å². The van der Waals surface area contributed by atoms with Gasteiger partial charge in [0.25, 0.3) is 5.56 Å². The molecule has 0 aliphatic carbocycles. The highest BCUT2D eigenvalue weighted by atomic mass is 19.4. The number of hydrogen-bond donors (Lipinski definition) is 1. The molecule has 0 aliphatic heterocycles. The molecule has 2 N–H and O–H groups in total. The Bertz CT molecular complexity index is 692. The van der Waals surface area contributed by atoms with Crippen molar-refractivity contribution in [3.05, 3.63) is 69.6 Å². The SMILES string of the molecule is Cc1cccn(CC(N)c2cccc(C(F)(F)F)c2)c1=O. The topological polar surface area (TPSA) is 48.0 Å². The Hall–Kier alpha value is -2.08. The summed E-state index contributed by atoms with van der Waals surface area (Å²) < 4.78 is 39.4. The van der Waals surface area contributed by atoms with Gasteiger partial charge in [0.05, 0.1) is 5.56 Å². The molecule has 2 aromatic rings. The Balaban J connectivity index is 2.27. The van der Waals surface area contributed by atoms with E-state index >= 15 is 0 Å². The zero-order chi connectivity index (χ0) is 15.6. The Morgan fingerprint density at radius 2 is 1.95 bits per heavy atom. The largest absolute Gasteiger partial charge is 0.416 e. The fraction of sp³-hybridized carbons (Fsp3) is 0.267. The maximum atomic E-state index is 12.7. The smallest absolute Gasteiger partial charge is 0.322 e. The highest BCUT2D eigenvalue weighted by Gasteiger charge is 2.30. The first kappa shape index (κ1) is 15.3. The Labute approximate surface area is 119 Å². The minimum atomic E-state index is -4.41. The van der Waals surface area contributed by atoms with E-state index in [2.05, 4.69) is 0 Å². The lowest BCUT2D eigenvalue weighted by Gasteiger charge is -2.16. The van der Waals surface area contributed by atoms with E-state index in [9.17, 15) is 18.0 Å². The molecule has 0 amide bonds. The summed E-state index contributed by atoms with van der Waals surface area (Å²) in [5.41, 5.74) is 5.90. The second-order valence-corrected chi connectivity index (χ2v) is 4.88. The summed E-state index contributed by atoms with van der Waals surface area (Å²) in [5.74, 6) is 0. The van der Waals surface area contributed by atoms with Crippen molar-refractivity contribution < 1.29 is 13.2 Å². The van der Waals surface area contributed by atoms with Crippen molar-refractivity contribution in [1.29, 1.82) is 0 Å². The molecular weight excluding hydrogens is 281 g/mol. The van der Waals surface area contributed by atoms with E-state index in [1.807, 2.05) is 0 Å². The summed E-state index contributed by atoms with van der Waals surface area (Å²) in [5, 5.41) is 0. The van der Waals surface area contributed by atoms with Gasteiger partial charge in [0, 0.05) is 24.3 Å². The second kappa shape index (κ2) is 5.73. The van der Waals surface area contributed by atoms with Crippen LogP contribution in [0.5, 0.6) is 0 Å². The summed E-state index contributed by atoms with van der Waals surface area (Å²) in [6.07, 6.45) is -2.83. The molecule has 0 aliphatic rings. The molecule has 0 spiro atoms. The van der Waals surface area contributed by atoms with Crippen LogP contribution in [0.3, 0.4) is 0 Å². The monoisotopic (exact) mass is 296 g/mol. The van der Waals surface area contributed by atoms with Gasteiger partial charge in [-0.25, -0.2) is 0 Å². The van der Waals surface area contributed by atoms with Gasteiger partial charge in [-0.05, 0) is 30.7 Å². The molecule has 1 aromatic carbocycles. The third kappa shape index (κ3) is 3.52. The summed E-state index contributed by atoms with van der Waals surface area (Å²) >= 11 is 0. The van der Waals surface area contributed by atoms with Crippen LogP contribution < -0.4 is 11.3 Å². The molecule has 1 heterocycles. The zero-order valence-corrected chi connectivity index (χ0v) is 11.4. The Morgan fingerprint density at radius 3 is 2.62 bits per heavy atom. The number of nitrogens with two attached hydrogens (primary N) is 1. The third-order valence-electron chi connectivity index (χ3n) is 3.25. The minimum Gasteiger partial charge on any atom is -0.322 e. The minimum absolute atomic E-state index is 0.127. The molecule has 0 saturated heterocycles. The lowest BCUT2D eigenvalue weighted by atomic mass is 10.0. The Kier molecular flexibility index (Phi) is 4.18. The average molecular weight is 296 g/mol. The molecule has 1 unspecified atom stereocenters. The molecule has 0 bridgehead atoms. The van der Waals surface area contributed by atoms with E-state index in [1.165, 1.54) is 16.7 Å². The standard InChI is InChI=1S/C15H15F3N2O/c1-10-4-3-7-20(14(10)21)9-13(19)11-5-2-6-12(8-11)15(16,17)18/h2-8,13H,9,19H2,1H3. The van der Waals surface area contributed by atoms with E-state index in [1.54, 1.807) is 25.3 Å². The van der Waals surface area contributed by atoms with Gasteiger partial charge >= 0.3 is 6.18 Å². The lowest BCUT2D eigenvalue weighted by molar-refractivity contribution is -0.137. The van der Waals surface area contributed by atoms with Crippen LogP contribution in [0.1, 0.15) is 22.7 Å². The number of benzene rings is 1. The van der Waals surface area contributed by atoms with Gasteiger partial charge < -0.3 is 10.3 Å². The van der Waals surface area contributed by atoms with Crippen LogP contribution in [0.15, 0.2) is 47.4 Å². The number of halogens is 3. The Morgan fingerprint density at radius 1 is 1.24 bits per heavy atom. The van der Waals surface area contributed by atoms with Crippen molar-refractivity contribution in [2.24, 2.45) is 5.73 Å². The molecular formula is C15H15F3N2O. The van der Waals surface area contributed by atoms with Crippen molar-refractivity contribution in [2.45, 2.75) is 25.7 Å². The van der Waals surface area contributed by atoms with Crippen molar-refractivity contribution >= 4 is 0 Å². The normalized spacial score (nSPS) is 13.2. The van der Waals surface area contributed by atoms with Crippen molar-refractivity contribution in [3.8, 4) is 0 Å². The van der Waals surface area contributed by atoms with Crippen LogP contribution in [-0.4, -0.2) is 4.57 Å². The van der Waals surface area contributed by atoms with E-state index < -0.39 is 17.8 Å². The van der Waals surface area contributed by atoms with Gasteiger partial charge in [-0.2, -0.15) is 13.2 Å². The number of alkyl halides is 3. The van der Waals surface area contributed by atoms with Crippen LogP contribution >= 0.6 is 0 Å². The molecule has 3 nitrogen and oxygen atoms in total. The lowest BCUT2D eigenvalue weighted by Crippen LogP contribution is -2.27. The molecule has 0 saturated carbocycles.